The minimum atomic E-state index is -1.11. The maximum absolute atomic E-state index is 13.6. The minimum absolute atomic E-state index is 0.00319. The maximum Gasteiger partial charge on any atom is 0.261 e. The molecule has 0 saturated heterocycles. The van der Waals surface area contributed by atoms with E-state index in [4.69, 9.17) is 9.47 Å². The molecule has 2 N–H and O–H groups in total. The largest absolute Gasteiger partial charge is 0.496 e. The van der Waals surface area contributed by atoms with Crippen LogP contribution in [0.15, 0.2) is 42.6 Å². The predicted octanol–water partition coefficient (Wildman–Crippen LogP) is 4.80. The van der Waals surface area contributed by atoms with Gasteiger partial charge >= 0.3 is 0 Å². The van der Waals surface area contributed by atoms with Crippen LogP contribution >= 0.6 is 11.3 Å². The molecule has 8 nitrogen and oxygen atoms in total. The summed E-state index contributed by atoms with van der Waals surface area (Å²) >= 11 is 1.34. The third-order valence-corrected chi connectivity index (χ3v) is 5.84. The molecule has 0 aliphatic rings. The number of ether oxygens (including phenoxy) is 2. The van der Waals surface area contributed by atoms with Gasteiger partial charge in [0.1, 0.15) is 11.3 Å². The van der Waals surface area contributed by atoms with E-state index in [0.717, 1.165) is 17.1 Å². The number of carbonyl (C=O) groups excluding carboxylic acids is 2. The van der Waals surface area contributed by atoms with Gasteiger partial charge in [-0.2, -0.15) is 0 Å². The van der Waals surface area contributed by atoms with Gasteiger partial charge in [-0.1, -0.05) is 0 Å². The number of aromatic nitrogens is 2. The highest BCUT2D eigenvalue weighted by Crippen LogP contribution is 2.33. The first-order valence-corrected chi connectivity index (χ1v) is 10.7. The van der Waals surface area contributed by atoms with Crippen molar-refractivity contribution in [3.8, 4) is 11.6 Å². The first-order chi connectivity index (χ1) is 16.3. The average Bonchev–Trinajstić information content (AvgIpc) is 3.20. The fraction of sp³-hybridized carbons (Fsp3) is 0.130. The first-order valence-electron chi connectivity index (χ1n) is 9.86. The number of pyridine rings is 1. The quantitative estimate of drug-likeness (QED) is 0.408. The summed E-state index contributed by atoms with van der Waals surface area (Å²) < 4.78 is 37.9. The van der Waals surface area contributed by atoms with Crippen LogP contribution in [0.1, 0.15) is 25.7 Å². The van der Waals surface area contributed by atoms with Crippen LogP contribution in [0.5, 0.6) is 11.6 Å². The molecule has 34 heavy (non-hydrogen) atoms. The summed E-state index contributed by atoms with van der Waals surface area (Å²) in [4.78, 5) is 34.7. The van der Waals surface area contributed by atoms with E-state index in [1.807, 2.05) is 6.92 Å². The Bertz CT molecular complexity index is 1420. The molecule has 0 unspecified atom stereocenters. The number of anilines is 2. The van der Waals surface area contributed by atoms with Crippen molar-refractivity contribution in [2.45, 2.75) is 6.92 Å². The molecule has 174 valence electrons. The summed E-state index contributed by atoms with van der Waals surface area (Å²) in [6, 6.07) is 7.67. The van der Waals surface area contributed by atoms with Crippen LogP contribution in [0.25, 0.3) is 10.2 Å². The van der Waals surface area contributed by atoms with E-state index in [1.165, 1.54) is 43.9 Å². The number of halogens is 2. The Morgan fingerprint density at radius 1 is 0.971 bits per heavy atom. The van der Waals surface area contributed by atoms with Gasteiger partial charge < -0.3 is 20.1 Å². The number of hydrogen-bond acceptors (Lipinski definition) is 7. The standard InChI is InChI=1S/C23H18F2N4O4S/c1-11-27-16-6-7-18(32-2)20(21(16)34-11)23(31)29-17-10-26-19(33-3)9-13(17)22(30)28-12-4-5-14(24)15(25)8-12/h4-10H,1-3H3,(H,28,30)(H,29,31). The second kappa shape index (κ2) is 9.40. The Labute approximate surface area is 196 Å². The fourth-order valence-corrected chi connectivity index (χ4v) is 4.22. The van der Waals surface area contributed by atoms with E-state index in [2.05, 4.69) is 20.6 Å². The zero-order valence-electron chi connectivity index (χ0n) is 18.2. The minimum Gasteiger partial charge on any atom is -0.496 e. The van der Waals surface area contributed by atoms with Crippen molar-refractivity contribution in [3.05, 3.63) is 70.4 Å². The first kappa shape index (κ1) is 23.1. The van der Waals surface area contributed by atoms with E-state index >= 15 is 0 Å². The average molecular weight is 484 g/mol. The molecule has 0 aliphatic carbocycles. The molecule has 0 fully saturated rings. The van der Waals surface area contributed by atoms with E-state index in [9.17, 15) is 18.4 Å². The highest BCUT2D eigenvalue weighted by Gasteiger charge is 2.22. The van der Waals surface area contributed by atoms with Gasteiger partial charge in [-0.15, -0.1) is 11.3 Å². The third kappa shape index (κ3) is 4.50. The Morgan fingerprint density at radius 3 is 2.47 bits per heavy atom. The molecular weight excluding hydrogens is 466 g/mol. The van der Waals surface area contributed by atoms with Crippen molar-refractivity contribution in [1.82, 2.24) is 9.97 Å². The molecule has 11 heteroatoms. The maximum atomic E-state index is 13.6. The number of benzene rings is 2. The van der Waals surface area contributed by atoms with Crippen molar-refractivity contribution in [3.63, 3.8) is 0 Å². The molecule has 2 aromatic carbocycles. The number of rotatable bonds is 6. The Hall–Kier alpha value is -4.12. The molecule has 0 aliphatic heterocycles. The normalized spacial score (nSPS) is 10.7. The summed E-state index contributed by atoms with van der Waals surface area (Å²) in [5, 5.41) is 5.94. The Kier molecular flexibility index (Phi) is 6.37. The number of fused-ring (bicyclic) bond motifs is 1. The highest BCUT2D eigenvalue weighted by atomic mass is 32.1. The highest BCUT2D eigenvalue weighted by molar-refractivity contribution is 7.19. The lowest BCUT2D eigenvalue weighted by Gasteiger charge is -2.14. The number of methoxy groups -OCH3 is 2. The van der Waals surface area contributed by atoms with E-state index < -0.39 is 23.4 Å². The molecule has 0 atom stereocenters. The van der Waals surface area contributed by atoms with Gasteiger partial charge in [-0.3, -0.25) is 9.59 Å². The van der Waals surface area contributed by atoms with Crippen molar-refractivity contribution in [1.29, 1.82) is 0 Å². The van der Waals surface area contributed by atoms with Crippen LogP contribution in [-0.2, 0) is 0 Å². The molecule has 2 aromatic heterocycles. The van der Waals surface area contributed by atoms with Gasteiger partial charge in [0.05, 0.1) is 46.9 Å². The van der Waals surface area contributed by atoms with Crippen LogP contribution in [-0.4, -0.2) is 36.0 Å². The second-order valence-electron chi connectivity index (χ2n) is 7.03. The molecule has 4 aromatic rings. The van der Waals surface area contributed by atoms with Gasteiger partial charge in [0.15, 0.2) is 11.6 Å². The van der Waals surface area contributed by atoms with E-state index in [1.54, 1.807) is 12.1 Å². The lowest BCUT2D eigenvalue weighted by Crippen LogP contribution is -2.19. The van der Waals surface area contributed by atoms with Crippen LogP contribution in [0.4, 0.5) is 20.2 Å². The molecular formula is C23H18F2N4O4S. The SMILES string of the molecule is COc1cc(C(=O)Nc2ccc(F)c(F)c2)c(NC(=O)c2c(OC)ccc3nc(C)sc23)cn1. The molecule has 0 saturated carbocycles. The fourth-order valence-electron chi connectivity index (χ4n) is 3.26. The number of aryl methyl sites for hydroxylation is 1. The monoisotopic (exact) mass is 484 g/mol. The Morgan fingerprint density at radius 2 is 1.76 bits per heavy atom. The summed E-state index contributed by atoms with van der Waals surface area (Å²) in [5.74, 6) is -2.94. The van der Waals surface area contributed by atoms with Gasteiger partial charge in [0.25, 0.3) is 11.8 Å². The van der Waals surface area contributed by atoms with E-state index in [0.29, 0.717) is 16.0 Å². The number of carbonyl (C=O) groups is 2. The number of amides is 2. The summed E-state index contributed by atoms with van der Waals surface area (Å²) in [5.41, 5.74) is 0.997. The van der Waals surface area contributed by atoms with Crippen molar-refractivity contribution >= 4 is 44.7 Å². The van der Waals surface area contributed by atoms with Crippen LogP contribution in [0.2, 0.25) is 0 Å². The van der Waals surface area contributed by atoms with E-state index in [-0.39, 0.29) is 28.4 Å². The van der Waals surface area contributed by atoms with Crippen LogP contribution < -0.4 is 20.1 Å². The second-order valence-corrected chi connectivity index (χ2v) is 8.24. The van der Waals surface area contributed by atoms with Crippen molar-refractivity contribution in [2.24, 2.45) is 0 Å². The number of nitrogens with zero attached hydrogens (tertiary/aromatic N) is 2. The number of thiazole rings is 1. The van der Waals surface area contributed by atoms with Crippen LogP contribution in [0.3, 0.4) is 0 Å². The van der Waals surface area contributed by atoms with Crippen molar-refractivity contribution < 1.29 is 27.8 Å². The summed E-state index contributed by atoms with van der Waals surface area (Å²) in [6.45, 7) is 1.83. The molecule has 0 bridgehead atoms. The van der Waals surface area contributed by atoms with Gasteiger partial charge in [-0.25, -0.2) is 18.7 Å². The van der Waals surface area contributed by atoms with Crippen LogP contribution in [0, 0.1) is 18.6 Å². The molecule has 4 rings (SSSR count). The summed E-state index contributed by atoms with van der Waals surface area (Å²) in [7, 11) is 2.82. The smallest absolute Gasteiger partial charge is 0.261 e. The Balaban J connectivity index is 1.70. The topological polar surface area (TPSA) is 102 Å². The molecule has 0 radical (unpaired) electrons. The zero-order chi connectivity index (χ0) is 24.4. The molecule has 2 amide bonds. The van der Waals surface area contributed by atoms with Gasteiger partial charge in [0, 0.05) is 17.8 Å². The predicted molar refractivity (Wildman–Crippen MR) is 124 cm³/mol. The van der Waals surface area contributed by atoms with Gasteiger partial charge in [0.2, 0.25) is 5.88 Å². The molecule has 0 spiro atoms. The van der Waals surface area contributed by atoms with Crippen molar-refractivity contribution in [2.75, 3.05) is 24.9 Å². The summed E-state index contributed by atoms with van der Waals surface area (Å²) in [6.07, 6.45) is 1.27. The molecule has 2 heterocycles. The zero-order valence-corrected chi connectivity index (χ0v) is 19.0. The van der Waals surface area contributed by atoms with Gasteiger partial charge in [-0.05, 0) is 31.2 Å². The number of nitrogens with one attached hydrogen (secondary N) is 2. The lowest BCUT2D eigenvalue weighted by atomic mass is 10.1. The third-order valence-electron chi connectivity index (χ3n) is 4.83. The number of hydrogen-bond donors (Lipinski definition) is 2. The lowest BCUT2D eigenvalue weighted by molar-refractivity contribution is 0.102.